The van der Waals surface area contributed by atoms with Gasteiger partial charge in [-0.1, -0.05) is 6.07 Å². The Morgan fingerprint density at radius 1 is 1.19 bits per heavy atom. The predicted octanol–water partition coefficient (Wildman–Crippen LogP) is 4.82. The first kappa shape index (κ1) is 26.1. The summed E-state index contributed by atoms with van der Waals surface area (Å²) in [5, 5.41) is 3.66. The molecule has 3 aromatic rings. The van der Waals surface area contributed by atoms with E-state index in [0.29, 0.717) is 65.6 Å². The molecule has 1 aliphatic rings. The summed E-state index contributed by atoms with van der Waals surface area (Å²) < 4.78 is 31.9. The van der Waals surface area contributed by atoms with Crippen LogP contribution in [0.3, 0.4) is 0 Å². The second kappa shape index (κ2) is 11.0. The Hall–Kier alpha value is -3.95. The maximum atomic E-state index is 15.9. The number of anilines is 2. The summed E-state index contributed by atoms with van der Waals surface area (Å²) in [6, 6.07) is 8.70. The molecule has 3 heterocycles. The fourth-order valence-electron chi connectivity index (χ4n) is 3.96. The molecule has 37 heavy (non-hydrogen) atoms. The fourth-order valence-corrected chi connectivity index (χ4v) is 3.96. The Kier molecular flexibility index (Phi) is 7.75. The number of hydrogen-bond acceptors (Lipinski definition) is 8. The monoisotopic (exact) mass is 510 g/mol. The van der Waals surface area contributed by atoms with Crippen LogP contribution in [0, 0.1) is 5.82 Å². The summed E-state index contributed by atoms with van der Waals surface area (Å²) in [6.07, 6.45) is 1.61. The van der Waals surface area contributed by atoms with E-state index in [-0.39, 0.29) is 18.9 Å². The third kappa shape index (κ3) is 6.44. The number of amides is 1. The lowest BCUT2D eigenvalue weighted by atomic mass is 10.1. The summed E-state index contributed by atoms with van der Waals surface area (Å²) in [4.78, 5) is 34.5. The van der Waals surface area contributed by atoms with Gasteiger partial charge in [0.2, 0.25) is 0 Å². The molecule has 0 fully saturated rings. The number of ether oxygens (including phenoxy) is 3. The number of carbonyl (C=O) groups excluding carboxylic acids is 2. The molecule has 10 heteroatoms. The molecule has 1 aliphatic heterocycles. The van der Waals surface area contributed by atoms with Gasteiger partial charge in [-0.3, -0.25) is 9.78 Å². The van der Waals surface area contributed by atoms with Gasteiger partial charge in [0.25, 0.3) is 0 Å². The van der Waals surface area contributed by atoms with Crippen molar-refractivity contribution in [3.8, 4) is 5.75 Å². The molecular weight excluding hydrogens is 479 g/mol. The number of nitrogens with zero attached hydrogens (tertiary/aromatic N) is 3. The number of aryl methyl sites for hydroxylation is 1. The summed E-state index contributed by atoms with van der Waals surface area (Å²) in [6.45, 7) is 8.30. The molecule has 0 saturated carbocycles. The minimum Gasteiger partial charge on any atom is -0.488 e. The maximum Gasteiger partial charge on any atom is 0.407 e. The second-order valence-corrected chi connectivity index (χ2v) is 9.58. The number of nitrogens with one attached hydrogen (secondary N) is 1. The molecule has 0 bridgehead atoms. The number of pyridine rings is 2. The van der Waals surface area contributed by atoms with Crippen LogP contribution in [-0.4, -0.2) is 47.4 Å². The highest BCUT2D eigenvalue weighted by atomic mass is 19.1. The highest BCUT2D eigenvalue weighted by Gasteiger charge is 2.25. The Morgan fingerprint density at radius 3 is 2.76 bits per heavy atom. The minimum atomic E-state index is -0.622. The Labute approximate surface area is 214 Å². The van der Waals surface area contributed by atoms with Gasteiger partial charge >= 0.3 is 12.1 Å². The van der Waals surface area contributed by atoms with Crippen LogP contribution in [0.25, 0.3) is 10.8 Å². The third-order valence-corrected chi connectivity index (χ3v) is 5.59. The van der Waals surface area contributed by atoms with Crippen molar-refractivity contribution < 1.29 is 28.2 Å². The fraction of sp³-hybridized carbons (Fsp3) is 0.407. The molecule has 0 unspecified atom stereocenters. The normalized spacial score (nSPS) is 13.1. The first-order chi connectivity index (χ1) is 17.6. The van der Waals surface area contributed by atoms with Crippen molar-refractivity contribution in [3.05, 3.63) is 53.7 Å². The molecule has 9 nitrogen and oxygen atoms in total. The summed E-state index contributed by atoms with van der Waals surface area (Å²) >= 11 is 0. The molecule has 0 spiro atoms. The van der Waals surface area contributed by atoms with Crippen LogP contribution in [0.4, 0.5) is 20.7 Å². The molecule has 1 amide bonds. The number of hydrogen-bond donors (Lipinski definition) is 1. The SMILES string of the molecule is CCOC(=O)CCc1ccc2c(n1)N(c1ccc3cnc(CNC(=O)OC(C)(C)C)cc3c1F)CCO2. The van der Waals surface area contributed by atoms with E-state index >= 15 is 4.39 Å². The lowest BCUT2D eigenvalue weighted by Crippen LogP contribution is -2.32. The molecular formula is C27H31FN4O5. The Balaban J connectivity index is 1.58. The van der Waals surface area contributed by atoms with Gasteiger partial charge in [0.1, 0.15) is 12.2 Å². The number of carbonyl (C=O) groups is 2. The van der Waals surface area contributed by atoms with Gasteiger partial charge in [-0.2, -0.15) is 0 Å². The average molecular weight is 511 g/mol. The molecule has 4 rings (SSSR count). The van der Waals surface area contributed by atoms with Crippen molar-refractivity contribution >= 4 is 34.3 Å². The van der Waals surface area contributed by atoms with Crippen LogP contribution in [0.2, 0.25) is 0 Å². The van der Waals surface area contributed by atoms with Crippen LogP contribution >= 0.6 is 0 Å². The molecule has 0 atom stereocenters. The standard InChI is InChI=1S/C27H31FN4O5/c1-5-35-23(33)11-8-18-7-10-22-25(31-18)32(12-13-36-22)21-9-6-17-15-29-19(14-20(17)24(21)28)16-30-26(34)37-27(2,3)4/h6-7,9-10,14-15H,5,8,11-13,16H2,1-4H3,(H,30,34). The minimum absolute atomic E-state index is 0.0975. The van der Waals surface area contributed by atoms with Gasteiger partial charge in [0.15, 0.2) is 17.4 Å². The van der Waals surface area contributed by atoms with Gasteiger partial charge in [-0.15, -0.1) is 0 Å². The smallest absolute Gasteiger partial charge is 0.407 e. The van der Waals surface area contributed by atoms with Crippen molar-refractivity contribution in [1.29, 1.82) is 0 Å². The molecule has 1 aromatic carbocycles. The highest BCUT2D eigenvalue weighted by molar-refractivity contribution is 5.88. The van der Waals surface area contributed by atoms with Gasteiger partial charge in [0.05, 0.1) is 37.5 Å². The first-order valence-electron chi connectivity index (χ1n) is 12.2. The average Bonchev–Trinajstić information content (AvgIpc) is 2.85. The van der Waals surface area contributed by atoms with Gasteiger partial charge < -0.3 is 24.4 Å². The van der Waals surface area contributed by atoms with E-state index in [9.17, 15) is 9.59 Å². The highest BCUT2D eigenvalue weighted by Crippen LogP contribution is 2.38. The van der Waals surface area contributed by atoms with E-state index in [1.165, 1.54) is 0 Å². The number of halogens is 1. The van der Waals surface area contributed by atoms with E-state index in [1.807, 2.05) is 0 Å². The van der Waals surface area contributed by atoms with Crippen molar-refractivity contribution in [3.63, 3.8) is 0 Å². The number of rotatable bonds is 7. The van der Waals surface area contributed by atoms with Crippen molar-refractivity contribution in [2.24, 2.45) is 0 Å². The maximum absolute atomic E-state index is 15.9. The first-order valence-corrected chi connectivity index (χ1v) is 12.2. The zero-order valence-electron chi connectivity index (χ0n) is 21.5. The lowest BCUT2D eigenvalue weighted by molar-refractivity contribution is -0.143. The number of esters is 1. The number of aromatic nitrogens is 2. The zero-order chi connectivity index (χ0) is 26.6. The molecule has 0 saturated heterocycles. The molecule has 1 N–H and O–H groups in total. The van der Waals surface area contributed by atoms with E-state index in [2.05, 4.69) is 15.3 Å². The van der Waals surface area contributed by atoms with Crippen LogP contribution in [0.5, 0.6) is 5.75 Å². The zero-order valence-corrected chi connectivity index (χ0v) is 21.5. The van der Waals surface area contributed by atoms with E-state index in [4.69, 9.17) is 14.2 Å². The molecule has 0 aliphatic carbocycles. The van der Waals surface area contributed by atoms with Crippen molar-refractivity contribution in [2.75, 3.05) is 24.7 Å². The van der Waals surface area contributed by atoms with Crippen LogP contribution in [-0.2, 0) is 27.2 Å². The topological polar surface area (TPSA) is 103 Å². The summed E-state index contributed by atoms with van der Waals surface area (Å²) in [5.74, 6) is 0.320. The number of alkyl carbamates (subject to hydrolysis) is 1. The van der Waals surface area contributed by atoms with Crippen LogP contribution in [0.1, 0.15) is 45.5 Å². The van der Waals surface area contributed by atoms with E-state index in [0.717, 1.165) is 0 Å². The number of fused-ring (bicyclic) bond motifs is 2. The molecule has 0 radical (unpaired) electrons. The molecule has 2 aromatic heterocycles. The van der Waals surface area contributed by atoms with Gasteiger partial charge in [-0.05, 0) is 52.0 Å². The van der Waals surface area contributed by atoms with Crippen LogP contribution < -0.4 is 15.0 Å². The summed E-state index contributed by atoms with van der Waals surface area (Å²) in [7, 11) is 0. The van der Waals surface area contributed by atoms with Crippen molar-refractivity contribution in [2.45, 2.75) is 52.7 Å². The third-order valence-electron chi connectivity index (χ3n) is 5.59. The second-order valence-electron chi connectivity index (χ2n) is 9.58. The predicted molar refractivity (Wildman–Crippen MR) is 136 cm³/mol. The van der Waals surface area contributed by atoms with Gasteiger partial charge in [0, 0.05) is 29.1 Å². The van der Waals surface area contributed by atoms with Gasteiger partial charge in [-0.25, -0.2) is 14.2 Å². The van der Waals surface area contributed by atoms with E-state index in [1.54, 1.807) is 69.1 Å². The largest absolute Gasteiger partial charge is 0.488 e. The quantitative estimate of drug-likeness (QED) is 0.452. The summed E-state index contributed by atoms with van der Waals surface area (Å²) in [5.41, 5.74) is 0.909. The van der Waals surface area contributed by atoms with Crippen molar-refractivity contribution in [1.82, 2.24) is 15.3 Å². The van der Waals surface area contributed by atoms with E-state index < -0.39 is 17.5 Å². The molecule has 196 valence electrons. The Morgan fingerprint density at radius 2 is 2.00 bits per heavy atom. The lowest BCUT2D eigenvalue weighted by Gasteiger charge is -2.31. The Bertz CT molecular complexity index is 1310. The van der Waals surface area contributed by atoms with Crippen LogP contribution in [0.15, 0.2) is 36.5 Å². The number of benzene rings is 1.